The highest BCUT2D eigenvalue weighted by Crippen LogP contribution is 2.35. The summed E-state index contributed by atoms with van der Waals surface area (Å²) in [4.78, 5) is 11.7. The van der Waals surface area contributed by atoms with Crippen LogP contribution in [0.1, 0.15) is 26.5 Å². The zero-order valence-electron chi connectivity index (χ0n) is 13.4. The minimum Gasteiger partial charge on any atom is -0.337 e. The first kappa shape index (κ1) is 17.4. The van der Waals surface area contributed by atoms with Crippen LogP contribution in [-0.4, -0.2) is 31.1 Å². The summed E-state index contributed by atoms with van der Waals surface area (Å²) in [6, 6.07) is 2.00. The van der Waals surface area contributed by atoms with Crippen molar-refractivity contribution in [3.63, 3.8) is 0 Å². The molecule has 0 atom stereocenters. The van der Waals surface area contributed by atoms with Gasteiger partial charge in [0, 0.05) is 34.1 Å². The number of carbonyl (C=O) groups excluding carboxylic acids is 1. The van der Waals surface area contributed by atoms with Gasteiger partial charge in [0.2, 0.25) is 10.0 Å². The maximum atomic E-state index is 14.5. The Morgan fingerprint density at radius 3 is 2.62 bits per heavy atom. The fourth-order valence-corrected chi connectivity index (χ4v) is 4.98. The van der Waals surface area contributed by atoms with Gasteiger partial charge < -0.3 is 5.32 Å². The summed E-state index contributed by atoms with van der Waals surface area (Å²) < 4.78 is 43.9. The van der Waals surface area contributed by atoms with Crippen LogP contribution in [0.5, 0.6) is 0 Å². The molecule has 9 heteroatoms. The van der Waals surface area contributed by atoms with Crippen molar-refractivity contribution >= 4 is 42.9 Å². The second-order valence-corrected chi connectivity index (χ2v) is 9.18. The SMILES string of the molecule is CC(C)(C)NS(=O)(=O)c1cc2c(cc1F)c(Br)c1n2C(=O)NCC1. The Bertz CT molecular complexity index is 961. The summed E-state index contributed by atoms with van der Waals surface area (Å²) >= 11 is 3.39. The fraction of sp³-hybridized carbons (Fsp3) is 0.400. The Hall–Kier alpha value is -1.45. The summed E-state index contributed by atoms with van der Waals surface area (Å²) in [5, 5.41) is 3.17. The number of rotatable bonds is 2. The normalized spacial score (nSPS) is 15.5. The van der Waals surface area contributed by atoms with Gasteiger partial charge in [-0.2, -0.15) is 0 Å². The first-order valence-electron chi connectivity index (χ1n) is 7.36. The van der Waals surface area contributed by atoms with Gasteiger partial charge in [-0.05, 0) is 48.8 Å². The number of fused-ring (bicyclic) bond motifs is 3. The van der Waals surface area contributed by atoms with Crippen LogP contribution in [0.25, 0.3) is 10.9 Å². The molecule has 0 bridgehead atoms. The van der Waals surface area contributed by atoms with E-state index >= 15 is 0 Å². The van der Waals surface area contributed by atoms with E-state index in [2.05, 4.69) is 26.0 Å². The van der Waals surface area contributed by atoms with Crippen molar-refractivity contribution in [1.29, 1.82) is 0 Å². The molecule has 3 rings (SSSR count). The number of amides is 1. The van der Waals surface area contributed by atoms with Crippen LogP contribution in [0.3, 0.4) is 0 Å². The summed E-state index contributed by atoms with van der Waals surface area (Å²) in [5.41, 5.74) is 0.299. The monoisotopic (exact) mass is 417 g/mol. The van der Waals surface area contributed by atoms with E-state index in [-0.39, 0.29) is 6.03 Å². The molecule has 1 aromatic heterocycles. The molecule has 2 heterocycles. The lowest BCUT2D eigenvalue weighted by Crippen LogP contribution is -2.40. The van der Waals surface area contributed by atoms with E-state index in [1.807, 2.05) is 0 Å². The number of nitrogens with zero attached hydrogens (tertiary/aromatic N) is 1. The van der Waals surface area contributed by atoms with Gasteiger partial charge in [-0.15, -0.1) is 0 Å². The quantitative estimate of drug-likeness (QED) is 0.787. The number of benzene rings is 1. The van der Waals surface area contributed by atoms with Crippen molar-refractivity contribution in [3.05, 3.63) is 28.1 Å². The predicted octanol–water partition coefficient (Wildman–Crippen LogP) is 2.73. The Labute approximate surface area is 147 Å². The Kier molecular flexibility index (Phi) is 4.01. The van der Waals surface area contributed by atoms with E-state index in [0.717, 1.165) is 6.07 Å². The molecule has 1 aliphatic heterocycles. The van der Waals surface area contributed by atoms with E-state index < -0.39 is 26.3 Å². The highest BCUT2D eigenvalue weighted by atomic mass is 79.9. The van der Waals surface area contributed by atoms with Crippen LogP contribution in [0.2, 0.25) is 0 Å². The van der Waals surface area contributed by atoms with Gasteiger partial charge in [0.15, 0.2) is 0 Å². The molecule has 0 aliphatic carbocycles. The molecule has 0 unspecified atom stereocenters. The lowest BCUT2D eigenvalue weighted by molar-refractivity contribution is 0.240. The average molecular weight is 418 g/mol. The van der Waals surface area contributed by atoms with Crippen LogP contribution in [0.4, 0.5) is 9.18 Å². The molecular weight excluding hydrogens is 401 g/mol. The van der Waals surface area contributed by atoms with E-state index in [9.17, 15) is 17.6 Å². The number of carbonyl (C=O) groups is 1. The van der Waals surface area contributed by atoms with Crippen molar-refractivity contribution in [2.45, 2.75) is 37.6 Å². The van der Waals surface area contributed by atoms with E-state index in [4.69, 9.17) is 0 Å². The van der Waals surface area contributed by atoms with E-state index in [0.29, 0.717) is 34.0 Å². The maximum absolute atomic E-state index is 14.5. The second kappa shape index (κ2) is 5.53. The topological polar surface area (TPSA) is 80.2 Å². The van der Waals surface area contributed by atoms with Crippen molar-refractivity contribution in [1.82, 2.24) is 14.6 Å². The molecule has 0 fully saturated rings. The number of sulfonamides is 1. The Morgan fingerprint density at radius 2 is 2.00 bits per heavy atom. The van der Waals surface area contributed by atoms with Crippen LogP contribution in [0.15, 0.2) is 21.5 Å². The predicted molar refractivity (Wildman–Crippen MR) is 92.2 cm³/mol. The van der Waals surface area contributed by atoms with Crippen LogP contribution < -0.4 is 10.0 Å². The Balaban J connectivity index is 2.28. The molecule has 0 spiro atoms. The number of halogens is 2. The summed E-state index contributed by atoms with van der Waals surface area (Å²) in [7, 11) is -4.06. The maximum Gasteiger partial charge on any atom is 0.326 e. The van der Waals surface area contributed by atoms with Crippen molar-refractivity contribution in [3.8, 4) is 0 Å². The second-order valence-electron chi connectivity index (χ2n) is 6.73. The third-order valence-corrected chi connectivity index (χ3v) is 6.28. The minimum atomic E-state index is -4.06. The molecule has 1 aromatic carbocycles. The summed E-state index contributed by atoms with van der Waals surface area (Å²) in [6.45, 7) is 5.49. The lowest BCUT2D eigenvalue weighted by Gasteiger charge is -2.21. The number of hydrogen-bond acceptors (Lipinski definition) is 3. The van der Waals surface area contributed by atoms with E-state index in [1.54, 1.807) is 20.8 Å². The van der Waals surface area contributed by atoms with Crippen molar-refractivity contribution in [2.75, 3.05) is 6.54 Å². The minimum absolute atomic E-state index is 0.352. The highest BCUT2D eigenvalue weighted by molar-refractivity contribution is 9.10. The standard InChI is InChI=1S/C15H17BrFN3O3S/c1-15(2,3)19-24(22,23)12-7-11-8(6-9(12)17)13(16)10-4-5-18-14(21)20(10)11/h6-7,19H,4-5H2,1-3H3,(H,18,21). The van der Waals surface area contributed by atoms with Crippen LogP contribution in [-0.2, 0) is 16.4 Å². The molecule has 130 valence electrons. The molecule has 2 aromatic rings. The summed E-state index contributed by atoms with van der Waals surface area (Å²) in [6.07, 6.45) is 0.574. The first-order valence-corrected chi connectivity index (χ1v) is 9.63. The fourth-order valence-electron chi connectivity index (χ4n) is 2.79. The van der Waals surface area contributed by atoms with E-state index in [1.165, 1.54) is 10.6 Å². The lowest BCUT2D eigenvalue weighted by atomic mass is 10.1. The van der Waals surface area contributed by atoms with Gasteiger partial charge in [0.25, 0.3) is 0 Å². The average Bonchev–Trinajstić information content (AvgIpc) is 2.70. The number of nitrogens with one attached hydrogen (secondary N) is 2. The smallest absolute Gasteiger partial charge is 0.326 e. The number of hydrogen-bond donors (Lipinski definition) is 2. The summed E-state index contributed by atoms with van der Waals surface area (Å²) in [5.74, 6) is -0.858. The van der Waals surface area contributed by atoms with Crippen molar-refractivity contribution < 1.29 is 17.6 Å². The van der Waals surface area contributed by atoms with Gasteiger partial charge >= 0.3 is 6.03 Å². The molecule has 0 saturated carbocycles. The Morgan fingerprint density at radius 1 is 1.33 bits per heavy atom. The highest BCUT2D eigenvalue weighted by Gasteiger charge is 2.29. The van der Waals surface area contributed by atoms with Gasteiger partial charge in [-0.1, -0.05) is 0 Å². The molecule has 2 N–H and O–H groups in total. The molecule has 24 heavy (non-hydrogen) atoms. The zero-order valence-corrected chi connectivity index (χ0v) is 15.8. The van der Waals surface area contributed by atoms with Gasteiger partial charge in [-0.3, -0.25) is 4.57 Å². The zero-order chi connectivity index (χ0) is 17.9. The van der Waals surface area contributed by atoms with Gasteiger partial charge in [-0.25, -0.2) is 22.3 Å². The third-order valence-electron chi connectivity index (χ3n) is 3.62. The third kappa shape index (κ3) is 2.84. The van der Waals surface area contributed by atoms with Crippen molar-refractivity contribution in [2.24, 2.45) is 0 Å². The molecule has 1 aliphatic rings. The van der Waals surface area contributed by atoms with Crippen LogP contribution in [0, 0.1) is 5.82 Å². The first-order chi connectivity index (χ1) is 11.0. The van der Waals surface area contributed by atoms with Gasteiger partial charge in [0.05, 0.1) is 5.52 Å². The largest absolute Gasteiger partial charge is 0.337 e. The molecule has 6 nitrogen and oxygen atoms in total. The molecule has 0 saturated heterocycles. The van der Waals surface area contributed by atoms with Crippen LogP contribution >= 0.6 is 15.9 Å². The molecule has 0 radical (unpaired) electrons. The number of aromatic nitrogens is 1. The molecule has 1 amide bonds. The molecular formula is C15H17BrFN3O3S. The van der Waals surface area contributed by atoms with Gasteiger partial charge in [0.1, 0.15) is 10.7 Å².